The Labute approximate surface area is 76.2 Å². The van der Waals surface area contributed by atoms with E-state index in [0.717, 1.165) is 16.3 Å². The monoisotopic (exact) mass is 171 g/mol. The molecule has 0 unspecified atom stereocenters. The first-order chi connectivity index (χ1) is 6.33. The largest absolute Gasteiger partial charge is 0.145 e. The zero-order chi connectivity index (χ0) is 9.26. The van der Waals surface area contributed by atoms with Crippen LogP contribution in [0.3, 0.4) is 0 Å². The Bertz CT molecular complexity index is 463. The van der Waals surface area contributed by atoms with Gasteiger partial charge < -0.3 is 0 Å². The van der Waals surface area contributed by atoms with Crippen LogP contribution in [-0.4, -0.2) is 0 Å². The number of hydrogen-bond acceptors (Lipinski definition) is 2. The van der Waals surface area contributed by atoms with Gasteiger partial charge in [0.05, 0.1) is 0 Å². The van der Waals surface area contributed by atoms with E-state index in [0.29, 0.717) is 5.69 Å². The fraction of sp³-hybridized carbons (Fsp3) is 0.0909. The summed E-state index contributed by atoms with van der Waals surface area (Å²) in [5.74, 6) is 0. The molecule has 0 spiro atoms. The van der Waals surface area contributed by atoms with Crippen LogP contribution in [0.2, 0.25) is 0 Å². The van der Waals surface area contributed by atoms with Crippen LogP contribution in [0.25, 0.3) is 10.8 Å². The van der Waals surface area contributed by atoms with Gasteiger partial charge in [-0.25, -0.2) is 0 Å². The summed E-state index contributed by atoms with van der Waals surface area (Å²) in [5.41, 5.74) is 1.48. The molecule has 0 saturated carbocycles. The fourth-order valence-corrected chi connectivity index (χ4v) is 1.51. The fourth-order valence-electron chi connectivity index (χ4n) is 1.51. The molecule has 0 atom stereocenters. The number of nitroso groups, excluding NO2 is 1. The van der Waals surface area contributed by atoms with Crippen LogP contribution in [0.4, 0.5) is 5.69 Å². The molecule has 0 fully saturated rings. The summed E-state index contributed by atoms with van der Waals surface area (Å²) in [6.07, 6.45) is 0. The molecule has 0 amide bonds. The molecule has 0 aliphatic heterocycles. The van der Waals surface area contributed by atoms with Crippen LogP contribution in [0.15, 0.2) is 41.6 Å². The van der Waals surface area contributed by atoms with Gasteiger partial charge in [0.1, 0.15) is 5.69 Å². The van der Waals surface area contributed by atoms with E-state index in [1.807, 2.05) is 37.3 Å². The Morgan fingerprint density at radius 3 is 2.62 bits per heavy atom. The van der Waals surface area contributed by atoms with Crippen molar-refractivity contribution in [3.8, 4) is 0 Å². The summed E-state index contributed by atoms with van der Waals surface area (Å²) in [5, 5.41) is 5.21. The highest BCUT2D eigenvalue weighted by molar-refractivity contribution is 5.89. The van der Waals surface area contributed by atoms with Crippen molar-refractivity contribution < 1.29 is 0 Å². The van der Waals surface area contributed by atoms with E-state index in [1.54, 1.807) is 6.07 Å². The van der Waals surface area contributed by atoms with Gasteiger partial charge in [-0.2, -0.15) is 0 Å². The molecule has 2 heteroatoms. The molecule has 2 aromatic carbocycles. The predicted molar refractivity (Wildman–Crippen MR) is 54.1 cm³/mol. The van der Waals surface area contributed by atoms with E-state index in [-0.39, 0.29) is 0 Å². The van der Waals surface area contributed by atoms with Crippen molar-refractivity contribution in [2.45, 2.75) is 6.92 Å². The Hall–Kier alpha value is -1.70. The molecular weight excluding hydrogens is 162 g/mol. The second kappa shape index (κ2) is 2.98. The van der Waals surface area contributed by atoms with Gasteiger partial charge in [-0.15, -0.1) is 4.91 Å². The number of benzene rings is 2. The van der Waals surface area contributed by atoms with Crippen molar-refractivity contribution in [2.75, 3.05) is 0 Å². The SMILES string of the molecule is Cc1c(N=O)ccc2ccccc12. The summed E-state index contributed by atoms with van der Waals surface area (Å²) in [4.78, 5) is 10.4. The van der Waals surface area contributed by atoms with Crippen molar-refractivity contribution >= 4 is 16.5 Å². The van der Waals surface area contributed by atoms with Crippen LogP contribution in [0.5, 0.6) is 0 Å². The third-order valence-electron chi connectivity index (χ3n) is 2.27. The highest BCUT2D eigenvalue weighted by Crippen LogP contribution is 2.26. The average Bonchev–Trinajstić information content (AvgIpc) is 2.19. The van der Waals surface area contributed by atoms with E-state index in [4.69, 9.17) is 0 Å². The molecule has 0 aliphatic carbocycles. The van der Waals surface area contributed by atoms with Crippen LogP contribution in [-0.2, 0) is 0 Å². The number of aryl methyl sites for hydroxylation is 1. The molecule has 2 rings (SSSR count). The first-order valence-electron chi connectivity index (χ1n) is 4.14. The molecule has 0 aliphatic rings. The lowest BCUT2D eigenvalue weighted by atomic mass is 10.0. The summed E-state index contributed by atoms with van der Waals surface area (Å²) in [7, 11) is 0. The maximum absolute atomic E-state index is 10.4. The summed E-state index contributed by atoms with van der Waals surface area (Å²) in [6.45, 7) is 1.92. The minimum absolute atomic E-state index is 0.527. The van der Waals surface area contributed by atoms with E-state index in [9.17, 15) is 4.91 Å². The third kappa shape index (κ3) is 1.20. The van der Waals surface area contributed by atoms with Crippen molar-refractivity contribution in [3.05, 3.63) is 46.9 Å². The summed E-state index contributed by atoms with van der Waals surface area (Å²) in [6, 6.07) is 11.6. The van der Waals surface area contributed by atoms with Crippen molar-refractivity contribution in [2.24, 2.45) is 5.18 Å². The zero-order valence-corrected chi connectivity index (χ0v) is 7.32. The molecule has 64 valence electrons. The number of nitrogens with zero attached hydrogens (tertiary/aromatic N) is 1. The van der Waals surface area contributed by atoms with Gasteiger partial charge in [-0.05, 0) is 34.5 Å². The van der Waals surface area contributed by atoms with Crippen molar-refractivity contribution in [1.82, 2.24) is 0 Å². The van der Waals surface area contributed by atoms with E-state index >= 15 is 0 Å². The van der Waals surface area contributed by atoms with Gasteiger partial charge in [0.2, 0.25) is 0 Å². The number of rotatable bonds is 1. The van der Waals surface area contributed by atoms with E-state index in [1.165, 1.54) is 0 Å². The van der Waals surface area contributed by atoms with Gasteiger partial charge in [0, 0.05) is 0 Å². The normalized spacial score (nSPS) is 10.2. The Morgan fingerprint density at radius 2 is 1.85 bits per heavy atom. The molecule has 0 heterocycles. The lowest BCUT2D eigenvalue weighted by Gasteiger charge is -2.02. The predicted octanol–water partition coefficient (Wildman–Crippen LogP) is 3.55. The van der Waals surface area contributed by atoms with Crippen molar-refractivity contribution in [3.63, 3.8) is 0 Å². The molecular formula is C11H9NO. The Morgan fingerprint density at radius 1 is 1.08 bits per heavy atom. The molecule has 0 radical (unpaired) electrons. The second-order valence-corrected chi connectivity index (χ2v) is 3.02. The maximum Gasteiger partial charge on any atom is 0.111 e. The summed E-state index contributed by atoms with van der Waals surface area (Å²) >= 11 is 0. The topological polar surface area (TPSA) is 29.4 Å². The second-order valence-electron chi connectivity index (χ2n) is 3.02. The highest BCUT2D eigenvalue weighted by Gasteiger charge is 2.01. The minimum atomic E-state index is 0.527. The first-order valence-corrected chi connectivity index (χ1v) is 4.14. The summed E-state index contributed by atoms with van der Waals surface area (Å²) < 4.78 is 0. The Kier molecular flexibility index (Phi) is 1.81. The molecule has 13 heavy (non-hydrogen) atoms. The van der Waals surface area contributed by atoms with Crippen LogP contribution >= 0.6 is 0 Å². The molecule has 2 nitrogen and oxygen atoms in total. The van der Waals surface area contributed by atoms with Crippen LogP contribution in [0, 0.1) is 11.8 Å². The quantitative estimate of drug-likeness (QED) is 0.603. The average molecular weight is 171 g/mol. The first kappa shape index (κ1) is 7.92. The molecule has 2 aromatic rings. The smallest absolute Gasteiger partial charge is 0.111 e. The third-order valence-corrected chi connectivity index (χ3v) is 2.27. The molecule has 0 N–H and O–H groups in total. The lowest BCUT2D eigenvalue weighted by molar-refractivity contribution is 1.42. The van der Waals surface area contributed by atoms with Crippen LogP contribution in [0.1, 0.15) is 5.56 Å². The van der Waals surface area contributed by atoms with Crippen LogP contribution < -0.4 is 0 Å². The number of hydrogen-bond donors (Lipinski definition) is 0. The van der Waals surface area contributed by atoms with Crippen molar-refractivity contribution in [1.29, 1.82) is 0 Å². The standard InChI is InChI=1S/C11H9NO/c1-8-10-5-3-2-4-9(10)6-7-11(8)12-13/h2-7H,1H3. The van der Waals surface area contributed by atoms with E-state index < -0.39 is 0 Å². The minimum Gasteiger partial charge on any atom is -0.145 e. The van der Waals surface area contributed by atoms with Gasteiger partial charge in [-0.3, -0.25) is 0 Å². The lowest BCUT2D eigenvalue weighted by Crippen LogP contribution is -1.78. The number of fused-ring (bicyclic) bond motifs is 1. The zero-order valence-electron chi connectivity index (χ0n) is 7.32. The van der Waals surface area contributed by atoms with Gasteiger partial charge in [-0.1, -0.05) is 30.3 Å². The maximum atomic E-state index is 10.4. The van der Waals surface area contributed by atoms with Gasteiger partial charge in [0.15, 0.2) is 0 Å². The highest BCUT2D eigenvalue weighted by atomic mass is 16.3. The van der Waals surface area contributed by atoms with Gasteiger partial charge >= 0.3 is 0 Å². The molecule has 0 bridgehead atoms. The molecule has 0 saturated heterocycles. The van der Waals surface area contributed by atoms with Gasteiger partial charge in [0.25, 0.3) is 0 Å². The molecule has 0 aromatic heterocycles. The van der Waals surface area contributed by atoms with E-state index in [2.05, 4.69) is 5.18 Å². The Balaban J connectivity index is 2.86.